The molecular formula is C24H29FN2O4. The van der Waals surface area contributed by atoms with Crippen molar-refractivity contribution in [2.75, 3.05) is 19.0 Å². The van der Waals surface area contributed by atoms with Crippen LogP contribution in [0.1, 0.15) is 38.7 Å². The van der Waals surface area contributed by atoms with Crippen LogP contribution in [0.2, 0.25) is 0 Å². The second-order valence-electron chi connectivity index (χ2n) is 7.69. The maximum absolute atomic E-state index is 13.3. The minimum absolute atomic E-state index is 0.0260. The second-order valence-corrected chi connectivity index (χ2v) is 7.69. The van der Waals surface area contributed by atoms with Crippen LogP contribution < -0.4 is 14.8 Å². The lowest BCUT2D eigenvalue weighted by atomic mass is 10.1. The lowest BCUT2D eigenvalue weighted by Gasteiger charge is -2.26. The van der Waals surface area contributed by atoms with Crippen LogP contribution in [0.4, 0.5) is 10.1 Å². The van der Waals surface area contributed by atoms with Crippen LogP contribution in [0.25, 0.3) is 0 Å². The van der Waals surface area contributed by atoms with Crippen molar-refractivity contribution in [2.45, 2.75) is 45.8 Å². The van der Waals surface area contributed by atoms with Crippen molar-refractivity contribution in [3.63, 3.8) is 0 Å². The highest BCUT2D eigenvalue weighted by Crippen LogP contribution is 2.29. The first-order chi connectivity index (χ1) is 14.9. The molecule has 3 rings (SSSR count). The van der Waals surface area contributed by atoms with Gasteiger partial charge in [0.05, 0.1) is 18.7 Å². The number of hydrogen-bond donors (Lipinski definition) is 1. The van der Waals surface area contributed by atoms with Crippen LogP contribution >= 0.6 is 0 Å². The predicted molar refractivity (Wildman–Crippen MR) is 117 cm³/mol. The van der Waals surface area contributed by atoms with Gasteiger partial charge in [-0.25, -0.2) is 4.39 Å². The molecule has 6 nitrogen and oxygen atoms in total. The maximum Gasteiger partial charge on any atom is 0.229 e. The van der Waals surface area contributed by atoms with E-state index in [1.165, 1.54) is 19.2 Å². The number of ether oxygens (including phenoxy) is 2. The molecule has 0 bridgehead atoms. The zero-order chi connectivity index (χ0) is 22.4. The van der Waals surface area contributed by atoms with Crippen molar-refractivity contribution < 1.29 is 23.5 Å². The first-order valence-corrected chi connectivity index (χ1v) is 10.6. The van der Waals surface area contributed by atoms with Gasteiger partial charge in [0.1, 0.15) is 23.9 Å². The number of rotatable bonds is 9. The average Bonchev–Trinajstić information content (AvgIpc) is 3.15. The number of amides is 2. The van der Waals surface area contributed by atoms with E-state index in [2.05, 4.69) is 19.2 Å². The molecule has 2 aromatic carbocycles. The minimum atomic E-state index is -0.398. The molecule has 31 heavy (non-hydrogen) atoms. The Morgan fingerprint density at radius 1 is 1.23 bits per heavy atom. The van der Waals surface area contributed by atoms with Gasteiger partial charge in [0.25, 0.3) is 0 Å². The Morgan fingerprint density at radius 2 is 2.00 bits per heavy atom. The number of hydrogen-bond acceptors (Lipinski definition) is 4. The summed E-state index contributed by atoms with van der Waals surface area (Å²) in [7, 11) is 1.53. The zero-order valence-corrected chi connectivity index (χ0v) is 18.2. The molecular weight excluding hydrogens is 399 g/mol. The fourth-order valence-electron chi connectivity index (χ4n) is 3.89. The third-order valence-corrected chi connectivity index (χ3v) is 5.64. The first kappa shape index (κ1) is 22.6. The van der Waals surface area contributed by atoms with Crippen molar-refractivity contribution in [3.05, 3.63) is 53.8 Å². The highest BCUT2D eigenvalue weighted by molar-refractivity contribution is 5.98. The topological polar surface area (TPSA) is 67.9 Å². The third-order valence-electron chi connectivity index (χ3n) is 5.64. The quantitative estimate of drug-likeness (QED) is 0.643. The third kappa shape index (κ3) is 5.54. The summed E-state index contributed by atoms with van der Waals surface area (Å²) in [5, 5.41) is 2.91. The Kier molecular flexibility index (Phi) is 7.50. The number of carbonyl (C=O) groups excluding carboxylic acids is 2. The molecule has 0 radical (unpaired) electrons. The van der Waals surface area contributed by atoms with Crippen LogP contribution in [-0.4, -0.2) is 36.4 Å². The molecule has 1 aliphatic rings. The molecule has 166 valence electrons. The normalized spacial score (nSPS) is 16.0. The molecule has 1 N–H and O–H groups in total. The fraction of sp³-hybridized carbons (Fsp3) is 0.417. The fourth-order valence-corrected chi connectivity index (χ4v) is 3.89. The lowest BCUT2D eigenvalue weighted by Crippen LogP contribution is -2.36. The van der Waals surface area contributed by atoms with Crippen molar-refractivity contribution in [1.29, 1.82) is 0 Å². The standard InChI is InChI=1S/C24H29FN2O4/c1-4-19(5-2)27-14-17(12-23(27)28)24(29)26-21-11-16(9-10-22(21)30-3)15-31-20-8-6-7-18(25)13-20/h6-11,13,17,19H,4-5,12,14-15H2,1-3H3,(H,26,29). The molecule has 1 atom stereocenters. The largest absolute Gasteiger partial charge is 0.495 e. The van der Waals surface area contributed by atoms with Gasteiger partial charge >= 0.3 is 0 Å². The SMILES string of the molecule is CCC(CC)N1CC(C(=O)Nc2cc(COc3cccc(F)c3)ccc2OC)CC1=O. The molecule has 7 heteroatoms. The number of anilines is 1. The summed E-state index contributed by atoms with van der Waals surface area (Å²) in [5.74, 6) is -0.00325. The summed E-state index contributed by atoms with van der Waals surface area (Å²) >= 11 is 0. The summed E-state index contributed by atoms with van der Waals surface area (Å²) in [6.07, 6.45) is 1.96. The first-order valence-electron chi connectivity index (χ1n) is 10.6. The van der Waals surface area contributed by atoms with E-state index in [0.29, 0.717) is 23.7 Å². The van der Waals surface area contributed by atoms with Crippen LogP contribution in [0, 0.1) is 11.7 Å². The van der Waals surface area contributed by atoms with Crippen LogP contribution in [0.3, 0.4) is 0 Å². The molecule has 1 fully saturated rings. The van der Waals surface area contributed by atoms with E-state index >= 15 is 0 Å². The molecule has 1 unspecified atom stereocenters. The Balaban J connectivity index is 1.68. The summed E-state index contributed by atoms with van der Waals surface area (Å²) in [4.78, 5) is 27.1. The van der Waals surface area contributed by atoms with Gasteiger partial charge in [-0.1, -0.05) is 26.0 Å². The summed E-state index contributed by atoms with van der Waals surface area (Å²) in [6, 6.07) is 11.4. The summed E-state index contributed by atoms with van der Waals surface area (Å²) in [6.45, 7) is 4.75. The Morgan fingerprint density at radius 3 is 2.68 bits per heavy atom. The number of likely N-dealkylation sites (tertiary alicyclic amines) is 1. The molecule has 0 saturated carbocycles. The van der Waals surface area contributed by atoms with Crippen molar-refractivity contribution in [1.82, 2.24) is 4.90 Å². The van der Waals surface area contributed by atoms with Crippen LogP contribution in [-0.2, 0) is 16.2 Å². The molecule has 0 spiro atoms. The molecule has 0 aliphatic carbocycles. The van der Waals surface area contributed by atoms with Crippen molar-refractivity contribution in [3.8, 4) is 11.5 Å². The van der Waals surface area contributed by atoms with Gasteiger partial charge < -0.3 is 19.7 Å². The van der Waals surface area contributed by atoms with Gasteiger partial charge in [-0.3, -0.25) is 9.59 Å². The number of nitrogens with zero attached hydrogens (tertiary/aromatic N) is 1. The molecule has 1 aliphatic heterocycles. The zero-order valence-electron chi connectivity index (χ0n) is 18.2. The monoisotopic (exact) mass is 428 g/mol. The molecule has 2 aromatic rings. The summed E-state index contributed by atoms with van der Waals surface area (Å²) < 4.78 is 24.3. The number of halogens is 1. The number of nitrogens with one attached hydrogen (secondary N) is 1. The van der Waals surface area contributed by atoms with E-state index in [0.717, 1.165) is 18.4 Å². The number of benzene rings is 2. The highest BCUT2D eigenvalue weighted by Gasteiger charge is 2.37. The van der Waals surface area contributed by atoms with E-state index in [1.807, 2.05) is 11.0 Å². The molecule has 1 heterocycles. The van der Waals surface area contributed by atoms with Gasteiger partial charge in [0.2, 0.25) is 11.8 Å². The van der Waals surface area contributed by atoms with Crippen LogP contribution in [0.15, 0.2) is 42.5 Å². The predicted octanol–water partition coefficient (Wildman–Crippen LogP) is 4.39. The van der Waals surface area contributed by atoms with Gasteiger partial charge in [0.15, 0.2) is 0 Å². The maximum atomic E-state index is 13.3. The van der Waals surface area contributed by atoms with E-state index in [-0.39, 0.29) is 36.7 Å². The minimum Gasteiger partial charge on any atom is -0.495 e. The van der Waals surface area contributed by atoms with Crippen LogP contribution in [0.5, 0.6) is 11.5 Å². The van der Waals surface area contributed by atoms with E-state index in [9.17, 15) is 14.0 Å². The Bertz CT molecular complexity index is 930. The van der Waals surface area contributed by atoms with Gasteiger partial charge in [0, 0.05) is 25.1 Å². The average molecular weight is 429 g/mol. The van der Waals surface area contributed by atoms with Crippen molar-refractivity contribution in [2.24, 2.45) is 5.92 Å². The van der Waals surface area contributed by atoms with Gasteiger partial charge in [-0.05, 0) is 42.7 Å². The number of carbonyl (C=O) groups is 2. The molecule has 2 amide bonds. The Hall–Kier alpha value is -3.09. The van der Waals surface area contributed by atoms with E-state index < -0.39 is 5.92 Å². The smallest absolute Gasteiger partial charge is 0.229 e. The Labute approximate surface area is 182 Å². The lowest BCUT2D eigenvalue weighted by molar-refractivity contribution is -0.130. The van der Waals surface area contributed by atoms with Crippen molar-refractivity contribution >= 4 is 17.5 Å². The number of methoxy groups -OCH3 is 1. The summed E-state index contributed by atoms with van der Waals surface area (Å²) in [5.41, 5.74) is 1.31. The van der Waals surface area contributed by atoms with Gasteiger partial charge in [-0.2, -0.15) is 0 Å². The van der Waals surface area contributed by atoms with E-state index in [1.54, 1.807) is 24.3 Å². The molecule has 1 saturated heterocycles. The second kappa shape index (κ2) is 10.3. The molecule has 0 aromatic heterocycles. The van der Waals surface area contributed by atoms with E-state index in [4.69, 9.17) is 9.47 Å². The highest BCUT2D eigenvalue weighted by atomic mass is 19.1. The van der Waals surface area contributed by atoms with Gasteiger partial charge in [-0.15, -0.1) is 0 Å².